The number of rotatable bonds is 9. The Bertz CT molecular complexity index is 735. The fraction of sp³-hybridized carbons (Fsp3) is 0.667. The van der Waals surface area contributed by atoms with Gasteiger partial charge in [0.05, 0.1) is 6.61 Å². The van der Waals surface area contributed by atoms with Gasteiger partial charge < -0.3 is 14.5 Å². The van der Waals surface area contributed by atoms with E-state index in [0.29, 0.717) is 19.4 Å². The molecule has 1 fully saturated rings. The van der Waals surface area contributed by atoms with Crippen molar-refractivity contribution < 1.29 is 27.2 Å². The summed E-state index contributed by atoms with van der Waals surface area (Å²) in [5.74, 6) is -1.02. The quantitative estimate of drug-likeness (QED) is 0.503. The zero-order valence-corrected chi connectivity index (χ0v) is 16.7. The second-order valence-electron chi connectivity index (χ2n) is 6.52. The molecule has 0 unspecified atom stereocenters. The zero-order valence-electron chi connectivity index (χ0n) is 15.9. The van der Waals surface area contributed by atoms with Crippen LogP contribution in [0.2, 0.25) is 0 Å². The molecular weight excluding hydrogens is 372 g/mol. The van der Waals surface area contributed by atoms with E-state index in [1.54, 1.807) is 6.92 Å². The van der Waals surface area contributed by atoms with E-state index < -0.39 is 16.0 Å². The van der Waals surface area contributed by atoms with Crippen molar-refractivity contribution >= 4 is 21.9 Å². The summed E-state index contributed by atoms with van der Waals surface area (Å²) in [4.78, 5) is 23.8. The van der Waals surface area contributed by atoms with E-state index in [4.69, 9.17) is 9.15 Å². The molecule has 1 saturated heterocycles. The fourth-order valence-electron chi connectivity index (χ4n) is 2.99. The number of sulfonamides is 1. The highest BCUT2D eigenvalue weighted by atomic mass is 32.2. The zero-order chi connectivity index (χ0) is 19.9. The molecule has 0 bridgehead atoms. The van der Waals surface area contributed by atoms with Crippen molar-refractivity contribution in [1.29, 1.82) is 0 Å². The molecule has 0 radical (unpaired) electrons. The first-order valence-electron chi connectivity index (χ1n) is 9.45. The van der Waals surface area contributed by atoms with Gasteiger partial charge in [0.25, 0.3) is 10.0 Å². The van der Waals surface area contributed by atoms with Crippen LogP contribution in [-0.2, 0) is 19.6 Å². The van der Waals surface area contributed by atoms with Gasteiger partial charge in [-0.25, -0.2) is 13.2 Å². The highest BCUT2D eigenvalue weighted by Crippen LogP contribution is 2.25. The lowest BCUT2D eigenvalue weighted by atomic mass is 9.97. The molecule has 8 nitrogen and oxygen atoms in total. The summed E-state index contributed by atoms with van der Waals surface area (Å²) in [5, 5.41) is 2.64. The first-order valence-corrected chi connectivity index (χ1v) is 10.9. The van der Waals surface area contributed by atoms with Crippen LogP contribution in [-0.4, -0.2) is 50.8 Å². The molecule has 9 heteroatoms. The van der Waals surface area contributed by atoms with Crippen molar-refractivity contribution in [2.24, 2.45) is 5.92 Å². The van der Waals surface area contributed by atoms with Crippen molar-refractivity contribution in [3.8, 4) is 0 Å². The van der Waals surface area contributed by atoms with Gasteiger partial charge in [-0.15, -0.1) is 0 Å². The number of esters is 1. The lowest BCUT2D eigenvalue weighted by molar-refractivity contribution is -0.126. The topological polar surface area (TPSA) is 106 Å². The van der Waals surface area contributed by atoms with Crippen LogP contribution < -0.4 is 5.32 Å². The molecule has 1 aromatic rings. The number of piperidine rings is 1. The van der Waals surface area contributed by atoms with Crippen molar-refractivity contribution in [1.82, 2.24) is 9.62 Å². The molecule has 0 saturated carbocycles. The van der Waals surface area contributed by atoms with Crippen LogP contribution in [0.5, 0.6) is 0 Å². The lowest BCUT2D eigenvalue weighted by Crippen LogP contribution is -2.43. The summed E-state index contributed by atoms with van der Waals surface area (Å²) >= 11 is 0. The van der Waals surface area contributed by atoms with E-state index >= 15 is 0 Å². The number of nitrogens with one attached hydrogen (secondary N) is 1. The highest BCUT2D eigenvalue weighted by molar-refractivity contribution is 7.89. The first kappa shape index (κ1) is 21.4. The van der Waals surface area contributed by atoms with Crippen molar-refractivity contribution in [2.45, 2.75) is 51.0 Å². The van der Waals surface area contributed by atoms with Crippen LogP contribution in [0.1, 0.15) is 56.5 Å². The first-order chi connectivity index (χ1) is 12.9. The summed E-state index contributed by atoms with van der Waals surface area (Å²) < 4.78 is 36.6. The standard InChI is InChI=1S/C18H28N2O6S/c1-3-5-6-11-19-17(21)14-9-12-20(13-10-14)27(23,24)16-8-7-15(26-16)18(22)25-4-2/h7-8,14H,3-6,9-13H2,1-2H3,(H,19,21). The Labute approximate surface area is 160 Å². The summed E-state index contributed by atoms with van der Waals surface area (Å²) in [7, 11) is -3.84. The van der Waals surface area contributed by atoms with E-state index in [0.717, 1.165) is 19.3 Å². The van der Waals surface area contributed by atoms with Gasteiger partial charge in [-0.1, -0.05) is 19.8 Å². The van der Waals surface area contributed by atoms with Crippen LogP contribution in [0.3, 0.4) is 0 Å². The number of unbranched alkanes of at least 4 members (excludes halogenated alkanes) is 2. The van der Waals surface area contributed by atoms with Gasteiger partial charge >= 0.3 is 5.97 Å². The van der Waals surface area contributed by atoms with E-state index in [1.807, 2.05) is 0 Å². The van der Waals surface area contributed by atoms with Crippen molar-refractivity contribution in [3.05, 3.63) is 17.9 Å². The van der Waals surface area contributed by atoms with Gasteiger partial charge in [0.1, 0.15) is 0 Å². The number of hydrogen-bond donors (Lipinski definition) is 1. The Balaban J connectivity index is 1.91. The maximum atomic E-state index is 12.7. The smallest absolute Gasteiger partial charge is 0.374 e. The summed E-state index contributed by atoms with van der Waals surface area (Å²) in [6.45, 7) is 5.08. The molecule has 1 N–H and O–H groups in total. The van der Waals surface area contributed by atoms with E-state index in [-0.39, 0.29) is 42.4 Å². The largest absolute Gasteiger partial charge is 0.460 e. The van der Waals surface area contributed by atoms with Gasteiger partial charge in [0.2, 0.25) is 16.8 Å². The average molecular weight is 400 g/mol. The number of hydrogen-bond acceptors (Lipinski definition) is 6. The molecule has 0 spiro atoms. The Morgan fingerprint density at radius 1 is 1.22 bits per heavy atom. The predicted molar refractivity (Wildman–Crippen MR) is 98.7 cm³/mol. The van der Waals surface area contributed by atoms with E-state index in [9.17, 15) is 18.0 Å². The minimum atomic E-state index is -3.84. The van der Waals surface area contributed by atoms with Crippen LogP contribution in [0.25, 0.3) is 0 Å². The lowest BCUT2D eigenvalue weighted by Gasteiger charge is -2.29. The molecule has 1 aliphatic rings. The Hall–Kier alpha value is -1.87. The number of furan rings is 1. The number of nitrogens with zero attached hydrogens (tertiary/aromatic N) is 1. The summed E-state index contributed by atoms with van der Waals surface area (Å²) in [5.41, 5.74) is 0. The molecule has 2 rings (SSSR count). The Morgan fingerprint density at radius 2 is 1.93 bits per heavy atom. The maximum absolute atomic E-state index is 12.7. The van der Waals surface area contributed by atoms with Gasteiger partial charge in [-0.3, -0.25) is 4.79 Å². The number of carbonyl (C=O) groups is 2. The van der Waals surface area contributed by atoms with Crippen molar-refractivity contribution in [2.75, 3.05) is 26.2 Å². The monoisotopic (exact) mass is 400 g/mol. The molecule has 1 amide bonds. The molecule has 0 atom stereocenters. The molecule has 152 valence electrons. The summed E-state index contributed by atoms with van der Waals surface area (Å²) in [6.07, 6.45) is 4.05. The molecule has 27 heavy (non-hydrogen) atoms. The molecule has 1 aliphatic heterocycles. The molecule has 2 heterocycles. The third kappa shape index (κ3) is 5.55. The Kier molecular flexibility index (Phi) is 7.85. The van der Waals surface area contributed by atoms with Crippen LogP contribution in [0, 0.1) is 5.92 Å². The van der Waals surface area contributed by atoms with Crippen LogP contribution in [0.4, 0.5) is 0 Å². The van der Waals surface area contributed by atoms with E-state index in [1.165, 1.54) is 16.4 Å². The molecule has 0 aliphatic carbocycles. The van der Waals surface area contributed by atoms with Crippen molar-refractivity contribution in [3.63, 3.8) is 0 Å². The Morgan fingerprint density at radius 3 is 2.56 bits per heavy atom. The minimum absolute atomic E-state index is 0.00857. The predicted octanol–water partition coefficient (Wildman–Crippen LogP) is 2.16. The van der Waals surface area contributed by atoms with Crippen LogP contribution >= 0.6 is 0 Å². The number of carbonyl (C=O) groups excluding carboxylic acids is 2. The van der Waals surface area contributed by atoms with Gasteiger partial charge in [-0.05, 0) is 38.3 Å². The summed E-state index contributed by atoms with van der Waals surface area (Å²) in [6, 6.07) is 2.55. The fourth-order valence-corrected chi connectivity index (χ4v) is 4.37. The highest BCUT2D eigenvalue weighted by Gasteiger charge is 2.34. The normalized spacial score (nSPS) is 16.2. The number of amides is 1. The number of ether oxygens (including phenoxy) is 1. The molecular formula is C18H28N2O6S. The third-order valence-electron chi connectivity index (χ3n) is 4.56. The van der Waals surface area contributed by atoms with Gasteiger partial charge in [0.15, 0.2) is 0 Å². The second-order valence-corrected chi connectivity index (χ2v) is 8.38. The van der Waals surface area contributed by atoms with Crippen LogP contribution in [0.15, 0.2) is 21.6 Å². The third-order valence-corrected chi connectivity index (χ3v) is 6.33. The molecule has 0 aromatic carbocycles. The second kappa shape index (κ2) is 9.89. The maximum Gasteiger partial charge on any atom is 0.374 e. The SMILES string of the molecule is CCCCCNC(=O)C1CCN(S(=O)(=O)c2ccc(C(=O)OCC)o2)CC1. The van der Waals surface area contributed by atoms with Gasteiger partial charge in [-0.2, -0.15) is 4.31 Å². The van der Waals surface area contributed by atoms with Gasteiger partial charge in [0, 0.05) is 25.6 Å². The minimum Gasteiger partial charge on any atom is -0.460 e. The average Bonchev–Trinajstić information content (AvgIpc) is 3.16. The molecule has 1 aromatic heterocycles. The van der Waals surface area contributed by atoms with E-state index in [2.05, 4.69) is 12.2 Å².